The minimum Gasteiger partial charge on any atom is -0.381 e. The highest BCUT2D eigenvalue weighted by atomic mass is 16.5. The molecule has 1 saturated heterocycles. The van der Waals surface area contributed by atoms with Crippen LogP contribution < -0.4 is 0 Å². The lowest BCUT2D eigenvalue weighted by atomic mass is 9.68. The molecule has 0 radical (unpaired) electrons. The summed E-state index contributed by atoms with van der Waals surface area (Å²) in [5, 5.41) is 0. The van der Waals surface area contributed by atoms with Crippen molar-refractivity contribution in [3.8, 4) is 0 Å². The summed E-state index contributed by atoms with van der Waals surface area (Å²) in [4.78, 5) is 0. The molecular formula is C14H28O2. The van der Waals surface area contributed by atoms with Crippen molar-refractivity contribution in [1.29, 1.82) is 0 Å². The van der Waals surface area contributed by atoms with Gasteiger partial charge in [-0.15, -0.1) is 0 Å². The predicted octanol–water partition coefficient (Wildman–Crippen LogP) is 3.64. The molecule has 1 aliphatic rings. The Bertz CT molecular complexity index is 181. The predicted molar refractivity (Wildman–Crippen MR) is 67.6 cm³/mol. The molecule has 2 nitrogen and oxygen atoms in total. The van der Waals surface area contributed by atoms with Crippen molar-refractivity contribution in [1.82, 2.24) is 0 Å². The number of hydrogen-bond acceptors (Lipinski definition) is 2. The molecule has 0 aliphatic carbocycles. The molecule has 1 rings (SSSR count). The summed E-state index contributed by atoms with van der Waals surface area (Å²) >= 11 is 0. The van der Waals surface area contributed by atoms with Crippen LogP contribution in [0.4, 0.5) is 0 Å². The molecule has 96 valence electrons. The van der Waals surface area contributed by atoms with E-state index in [2.05, 4.69) is 27.7 Å². The zero-order valence-electron chi connectivity index (χ0n) is 11.4. The summed E-state index contributed by atoms with van der Waals surface area (Å²) in [6.45, 7) is 11.7. The topological polar surface area (TPSA) is 18.5 Å². The van der Waals surface area contributed by atoms with Gasteiger partial charge in [0.25, 0.3) is 0 Å². The smallest absolute Gasteiger partial charge is 0.0518 e. The van der Waals surface area contributed by atoms with Crippen molar-refractivity contribution in [3.63, 3.8) is 0 Å². The summed E-state index contributed by atoms with van der Waals surface area (Å²) in [6, 6.07) is 0. The lowest BCUT2D eigenvalue weighted by Gasteiger charge is -2.41. The van der Waals surface area contributed by atoms with Gasteiger partial charge in [-0.1, -0.05) is 13.8 Å². The lowest BCUT2D eigenvalue weighted by molar-refractivity contribution is -0.0228. The second-order valence-corrected chi connectivity index (χ2v) is 5.65. The van der Waals surface area contributed by atoms with Crippen molar-refractivity contribution >= 4 is 0 Å². The van der Waals surface area contributed by atoms with Gasteiger partial charge in [-0.25, -0.2) is 0 Å². The van der Waals surface area contributed by atoms with Crippen LogP contribution in [0, 0.1) is 11.3 Å². The van der Waals surface area contributed by atoms with E-state index in [1.807, 2.05) is 0 Å². The first-order valence-corrected chi connectivity index (χ1v) is 6.76. The van der Waals surface area contributed by atoms with E-state index in [-0.39, 0.29) is 0 Å². The number of rotatable bonds is 6. The quantitative estimate of drug-likeness (QED) is 0.646. The minimum atomic E-state index is 0.365. The van der Waals surface area contributed by atoms with E-state index in [1.165, 1.54) is 25.7 Å². The highest BCUT2D eigenvalue weighted by molar-refractivity contribution is 4.84. The second kappa shape index (κ2) is 6.61. The third-order valence-electron chi connectivity index (χ3n) is 3.98. The molecule has 0 N–H and O–H groups in total. The van der Waals surface area contributed by atoms with Gasteiger partial charge >= 0.3 is 0 Å². The Balaban J connectivity index is 2.33. The van der Waals surface area contributed by atoms with Crippen molar-refractivity contribution in [3.05, 3.63) is 0 Å². The van der Waals surface area contributed by atoms with Gasteiger partial charge in [0.1, 0.15) is 0 Å². The van der Waals surface area contributed by atoms with Crippen molar-refractivity contribution < 1.29 is 9.47 Å². The zero-order chi connectivity index (χ0) is 12.0. The van der Waals surface area contributed by atoms with E-state index in [0.717, 1.165) is 25.7 Å². The maximum atomic E-state index is 5.63. The summed E-state index contributed by atoms with van der Waals surface area (Å²) in [6.07, 6.45) is 5.31. The Morgan fingerprint density at radius 2 is 1.75 bits per heavy atom. The molecule has 0 unspecified atom stereocenters. The first kappa shape index (κ1) is 14.0. The lowest BCUT2D eigenvalue weighted by Crippen LogP contribution is -2.34. The van der Waals surface area contributed by atoms with E-state index < -0.39 is 0 Å². The summed E-state index contributed by atoms with van der Waals surface area (Å²) in [5.41, 5.74) is 0.512. The molecular weight excluding hydrogens is 200 g/mol. The number of ether oxygens (including phenoxy) is 2. The van der Waals surface area contributed by atoms with Gasteiger partial charge in [0.2, 0.25) is 0 Å². The molecule has 0 bridgehead atoms. The van der Waals surface area contributed by atoms with Crippen molar-refractivity contribution in [2.75, 3.05) is 19.8 Å². The van der Waals surface area contributed by atoms with Crippen LogP contribution in [0.5, 0.6) is 0 Å². The molecule has 1 fully saturated rings. The average molecular weight is 228 g/mol. The Labute approximate surface area is 101 Å². The van der Waals surface area contributed by atoms with Gasteiger partial charge in [0, 0.05) is 19.8 Å². The molecule has 1 aliphatic heterocycles. The van der Waals surface area contributed by atoms with Crippen LogP contribution in [0.1, 0.15) is 53.4 Å². The van der Waals surface area contributed by atoms with Crippen molar-refractivity contribution in [2.45, 2.75) is 59.5 Å². The molecule has 16 heavy (non-hydrogen) atoms. The van der Waals surface area contributed by atoms with Gasteiger partial charge in [0.05, 0.1) is 6.10 Å². The first-order chi connectivity index (χ1) is 7.57. The molecule has 0 amide bonds. The molecule has 0 aromatic heterocycles. The Morgan fingerprint density at radius 3 is 2.25 bits per heavy atom. The molecule has 0 spiro atoms. The fourth-order valence-electron chi connectivity index (χ4n) is 2.64. The maximum absolute atomic E-state index is 5.63. The van der Waals surface area contributed by atoms with E-state index in [4.69, 9.17) is 9.47 Å². The number of hydrogen-bond donors (Lipinski definition) is 0. The van der Waals surface area contributed by atoms with Crippen LogP contribution in [0.2, 0.25) is 0 Å². The molecule has 0 atom stereocenters. The molecule has 0 saturated carbocycles. The van der Waals surface area contributed by atoms with Gasteiger partial charge in [0.15, 0.2) is 0 Å². The van der Waals surface area contributed by atoms with E-state index in [1.54, 1.807) is 0 Å². The van der Waals surface area contributed by atoms with Crippen LogP contribution in [0.25, 0.3) is 0 Å². The third kappa shape index (κ3) is 4.06. The van der Waals surface area contributed by atoms with E-state index in [9.17, 15) is 0 Å². The molecule has 0 aromatic rings. The highest BCUT2D eigenvalue weighted by Crippen LogP contribution is 2.42. The minimum absolute atomic E-state index is 0.365. The fraction of sp³-hybridized carbons (Fsp3) is 1.00. The fourth-order valence-corrected chi connectivity index (χ4v) is 2.64. The first-order valence-electron chi connectivity index (χ1n) is 6.76. The van der Waals surface area contributed by atoms with Crippen LogP contribution in [0.3, 0.4) is 0 Å². The second-order valence-electron chi connectivity index (χ2n) is 5.65. The van der Waals surface area contributed by atoms with Gasteiger partial charge < -0.3 is 9.47 Å². The van der Waals surface area contributed by atoms with E-state index >= 15 is 0 Å². The average Bonchev–Trinajstić information content (AvgIpc) is 2.25. The van der Waals surface area contributed by atoms with E-state index in [0.29, 0.717) is 11.5 Å². The monoisotopic (exact) mass is 228 g/mol. The summed E-state index contributed by atoms with van der Waals surface area (Å²) in [7, 11) is 0. The molecule has 1 heterocycles. The molecule has 2 heteroatoms. The SMILES string of the molecule is CC(C)OCCCC1(C(C)C)CCOCC1. The van der Waals surface area contributed by atoms with Crippen LogP contribution >= 0.6 is 0 Å². The van der Waals surface area contributed by atoms with Crippen LogP contribution in [-0.4, -0.2) is 25.9 Å². The van der Waals surface area contributed by atoms with Gasteiger partial charge in [-0.2, -0.15) is 0 Å². The van der Waals surface area contributed by atoms with Crippen LogP contribution in [0.15, 0.2) is 0 Å². The van der Waals surface area contributed by atoms with Crippen molar-refractivity contribution in [2.24, 2.45) is 11.3 Å². The molecule has 0 aromatic carbocycles. The Morgan fingerprint density at radius 1 is 1.12 bits per heavy atom. The maximum Gasteiger partial charge on any atom is 0.0518 e. The van der Waals surface area contributed by atoms with Crippen LogP contribution in [-0.2, 0) is 9.47 Å². The normalized spacial score (nSPS) is 20.6. The third-order valence-corrected chi connectivity index (χ3v) is 3.98. The summed E-state index contributed by atoms with van der Waals surface area (Å²) in [5.74, 6) is 0.760. The highest BCUT2D eigenvalue weighted by Gasteiger charge is 2.34. The van der Waals surface area contributed by atoms with Gasteiger partial charge in [-0.3, -0.25) is 0 Å². The Kier molecular flexibility index (Phi) is 5.77. The van der Waals surface area contributed by atoms with Gasteiger partial charge in [-0.05, 0) is 50.9 Å². The largest absolute Gasteiger partial charge is 0.381 e. The standard InChI is InChI=1S/C14H28O2/c1-12(2)14(7-10-15-11-8-14)6-5-9-16-13(3)4/h12-13H,5-11H2,1-4H3. The zero-order valence-corrected chi connectivity index (χ0v) is 11.4. The Hall–Kier alpha value is -0.0800. The summed E-state index contributed by atoms with van der Waals surface area (Å²) < 4.78 is 11.1.